The number of imidazole rings is 1. The molecule has 0 aliphatic heterocycles. The summed E-state index contributed by atoms with van der Waals surface area (Å²) in [7, 11) is 0. The molecular weight excluding hydrogens is 685 g/mol. The van der Waals surface area contributed by atoms with Crippen molar-refractivity contribution in [1.29, 1.82) is 0 Å². The van der Waals surface area contributed by atoms with Crippen LogP contribution in [0.15, 0.2) is 116 Å². The molecule has 5 nitrogen and oxygen atoms in total. The van der Waals surface area contributed by atoms with Crippen LogP contribution in [0.2, 0.25) is 0 Å². The molecule has 0 atom stereocenters. The summed E-state index contributed by atoms with van der Waals surface area (Å²) < 4.78 is 2.14. The fourth-order valence-electron chi connectivity index (χ4n) is 7.34. The Bertz CT molecular complexity index is 2520. The van der Waals surface area contributed by atoms with E-state index in [0.29, 0.717) is 11.3 Å². The Morgan fingerprint density at radius 3 is 1.57 bits per heavy atom. The Morgan fingerprint density at radius 1 is 0.482 bits per heavy atom. The van der Waals surface area contributed by atoms with E-state index >= 15 is 0 Å². The third-order valence-electron chi connectivity index (χ3n) is 10.8. The molecule has 7 aromatic rings. The molecule has 0 fully saturated rings. The van der Waals surface area contributed by atoms with Crippen LogP contribution in [0.5, 0.6) is 5.75 Å². The lowest BCUT2D eigenvalue weighted by atomic mass is 9.78. The van der Waals surface area contributed by atoms with Crippen molar-refractivity contribution in [3.63, 3.8) is 0 Å². The fourth-order valence-corrected chi connectivity index (χ4v) is 7.34. The summed E-state index contributed by atoms with van der Waals surface area (Å²) in [6.07, 6.45) is 5.72. The Balaban J connectivity index is 1.56. The second kappa shape index (κ2) is 13.9. The lowest BCUT2D eigenvalue weighted by molar-refractivity contribution is 0.446. The average molecular weight is 741 g/mol. The number of rotatable bonds is 5. The van der Waals surface area contributed by atoms with Crippen LogP contribution in [0.1, 0.15) is 105 Å². The summed E-state index contributed by atoms with van der Waals surface area (Å²) in [5.74, 6) is 0.250. The molecule has 0 bridgehead atoms. The number of aromatic nitrogens is 4. The highest BCUT2D eigenvalue weighted by Crippen LogP contribution is 2.46. The van der Waals surface area contributed by atoms with Crippen LogP contribution >= 0.6 is 0 Å². The first-order valence-corrected chi connectivity index (χ1v) is 19.7. The molecule has 0 amide bonds. The van der Waals surface area contributed by atoms with Gasteiger partial charge in [0.15, 0.2) is 0 Å². The third kappa shape index (κ3) is 7.52. The zero-order chi connectivity index (χ0) is 40.4. The van der Waals surface area contributed by atoms with Gasteiger partial charge in [0.1, 0.15) is 17.1 Å². The van der Waals surface area contributed by atoms with Gasteiger partial charge in [0.05, 0.1) is 17.1 Å². The van der Waals surface area contributed by atoms with Crippen LogP contribution in [0.25, 0.3) is 61.8 Å². The molecule has 0 saturated heterocycles. The molecular formula is C51H56N4O. The van der Waals surface area contributed by atoms with Gasteiger partial charge in [0, 0.05) is 40.8 Å². The highest BCUT2D eigenvalue weighted by molar-refractivity contribution is 5.91. The zero-order valence-corrected chi connectivity index (χ0v) is 35.2. The zero-order valence-electron chi connectivity index (χ0n) is 35.2. The van der Waals surface area contributed by atoms with Crippen molar-refractivity contribution >= 4 is 5.65 Å². The topological polar surface area (TPSA) is 63.3 Å². The van der Waals surface area contributed by atoms with Crippen LogP contribution in [0, 0.1) is 0 Å². The molecule has 0 unspecified atom stereocenters. The van der Waals surface area contributed by atoms with E-state index in [-0.39, 0.29) is 27.4 Å². The van der Waals surface area contributed by atoms with Crippen LogP contribution in [0.4, 0.5) is 0 Å². The first-order valence-electron chi connectivity index (χ1n) is 19.7. The minimum Gasteiger partial charge on any atom is -0.507 e. The number of hydrogen-bond donors (Lipinski definition) is 1. The highest BCUT2D eigenvalue weighted by Gasteiger charge is 2.29. The van der Waals surface area contributed by atoms with Crippen molar-refractivity contribution < 1.29 is 5.11 Å². The maximum atomic E-state index is 12.2. The molecule has 56 heavy (non-hydrogen) atoms. The molecule has 4 aromatic heterocycles. The van der Waals surface area contributed by atoms with Gasteiger partial charge >= 0.3 is 0 Å². The van der Waals surface area contributed by atoms with Gasteiger partial charge in [0.25, 0.3) is 0 Å². The van der Waals surface area contributed by atoms with Gasteiger partial charge in [-0.15, -0.1) is 0 Å². The first-order chi connectivity index (χ1) is 26.2. The predicted octanol–water partition coefficient (Wildman–Crippen LogP) is 13.4. The minimum absolute atomic E-state index is 0.0279. The largest absolute Gasteiger partial charge is 0.507 e. The quantitative estimate of drug-likeness (QED) is 0.191. The van der Waals surface area contributed by atoms with Crippen molar-refractivity contribution in [3.05, 3.63) is 138 Å². The van der Waals surface area contributed by atoms with Crippen LogP contribution in [0.3, 0.4) is 0 Å². The number of aromatic hydroxyl groups is 1. The summed E-state index contributed by atoms with van der Waals surface area (Å²) in [5, 5.41) is 12.2. The Morgan fingerprint density at radius 2 is 1.02 bits per heavy atom. The van der Waals surface area contributed by atoms with E-state index in [2.05, 4.69) is 160 Å². The molecule has 5 heteroatoms. The van der Waals surface area contributed by atoms with Crippen LogP contribution < -0.4 is 0 Å². The van der Waals surface area contributed by atoms with Gasteiger partial charge < -0.3 is 5.11 Å². The number of benzene rings is 3. The number of nitrogens with zero attached hydrogens (tertiary/aromatic N) is 4. The normalized spacial score (nSPS) is 12.7. The van der Waals surface area contributed by atoms with E-state index < -0.39 is 0 Å². The second-order valence-corrected chi connectivity index (χ2v) is 19.4. The van der Waals surface area contributed by atoms with Gasteiger partial charge in [-0.2, -0.15) is 0 Å². The van der Waals surface area contributed by atoms with Crippen molar-refractivity contribution in [2.75, 3.05) is 0 Å². The molecule has 4 heterocycles. The predicted molar refractivity (Wildman–Crippen MR) is 234 cm³/mol. The van der Waals surface area contributed by atoms with E-state index in [1.807, 2.05) is 42.7 Å². The van der Waals surface area contributed by atoms with Gasteiger partial charge in [-0.3, -0.25) is 14.4 Å². The molecule has 0 aliphatic rings. The molecule has 0 spiro atoms. The van der Waals surface area contributed by atoms with E-state index in [9.17, 15) is 5.11 Å². The van der Waals surface area contributed by atoms with Crippen molar-refractivity contribution in [2.45, 2.75) is 105 Å². The number of phenolic OH excluding ortho intramolecular Hbond substituents is 1. The van der Waals surface area contributed by atoms with Gasteiger partial charge in [-0.25, -0.2) is 4.98 Å². The van der Waals surface area contributed by atoms with Crippen molar-refractivity contribution in [1.82, 2.24) is 19.4 Å². The molecule has 0 saturated carbocycles. The molecule has 7 rings (SSSR count). The van der Waals surface area contributed by atoms with Crippen molar-refractivity contribution in [2.24, 2.45) is 0 Å². The standard InChI is InChI=1S/C51H56N4O/c1-48(2,3)36-27-33(28-37(29-36)49(4,5)6)32-24-34(26-35(25-32)42-19-13-15-21-52-42)39-18-17-23-55-45(43-20-14-16-22-53-43)44(54-47(39)55)40-30-38(50(7,8)9)31-41(46(40)56)51(10,11)12/h13-31,56H,1-12H3. The highest BCUT2D eigenvalue weighted by atomic mass is 16.3. The summed E-state index contributed by atoms with van der Waals surface area (Å²) in [6, 6.07) is 34.4. The molecule has 3 aromatic carbocycles. The summed E-state index contributed by atoms with van der Waals surface area (Å²) in [5.41, 5.74) is 14.1. The SMILES string of the molecule is CC(C)(C)c1cc(-c2cc(-c3ccccn3)cc(-c3cccn4c(-c5ccccn5)c(-c5cc(C(C)(C)C)cc(C(C)(C)C)c5O)nc34)c2)cc(C(C)(C)C)c1. The fraction of sp³-hybridized carbons (Fsp3) is 0.314. The number of hydrogen-bond acceptors (Lipinski definition) is 4. The lowest BCUT2D eigenvalue weighted by Gasteiger charge is -2.27. The second-order valence-electron chi connectivity index (χ2n) is 19.4. The van der Waals surface area contributed by atoms with Gasteiger partial charge in [-0.1, -0.05) is 119 Å². The minimum atomic E-state index is -0.297. The Labute approximate surface area is 333 Å². The number of pyridine rings is 3. The molecule has 0 aliphatic carbocycles. The van der Waals surface area contributed by atoms with E-state index in [4.69, 9.17) is 15.0 Å². The van der Waals surface area contributed by atoms with Crippen LogP contribution in [-0.2, 0) is 21.7 Å². The maximum Gasteiger partial charge on any atom is 0.145 e. The third-order valence-corrected chi connectivity index (χ3v) is 10.8. The summed E-state index contributed by atoms with van der Waals surface area (Å²) >= 11 is 0. The number of fused-ring (bicyclic) bond motifs is 1. The Kier molecular flexibility index (Phi) is 9.60. The van der Waals surface area contributed by atoms with E-state index in [1.54, 1.807) is 0 Å². The summed E-state index contributed by atoms with van der Waals surface area (Å²) in [4.78, 5) is 15.1. The molecule has 1 N–H and O–H groups in total. The van der Waals surface area contributed by atoms with E-state index in [1.165, 1.54) is 16.7 Å². The number of phenols is 1. The smallest absolute Gasteiger partial charge is 0.145 e. The van der Waals surface area contributed by atoms with Crippen molar-refractivity contribution in [3.8, 4) is 61.9 Å². The average Bonchev–Trinajstić information content (AvgIpc) is 3.53. The van der Waals surface area contributed by atoms with E-state index in [0.717, 1.165) is 56.1 Å². The maximum absolute atomic E-state index is 12.2. The monoisotopic (exact) mass is 740 g/mol. The van der Waals surface area contributed by atoms with Gasteiger partial charge in [-0.05, 0) is 116 Å². The Hall–Kier alpha value is -5.55. The van der Waals surface area contributed by atoms with Crippen LogP contribution in [-0.4, -0.2) is 24.5 Å². The lowest BCUT2D eigenvalue weighted by Crippen LogP contribution is -2.17. The molecule has 286 valence electrons. The first kappa shape index (κ1) is 38.7. The molecule has 0 radical (unpaired) electrons. The van der Waals surface area contributed by atoms with Gasteiger partial charge in [0.2, 0.25) is 0 Å². The summed E-state index contributed by atoms with van der Waals surface area (Å²) in [6.45, 7) is 26.8.